The van der Waals surface area contributed by atoms with Crippen LogP contribution in [0, 0.1) is 0 Å². The van der Waals surface area contributed by atoms with Crippen molar-refractivity contribution >= 4 is 60.6 Å². The first-order valence-electron chi connectivity index (χ1n) is 13.0. The Kier molecular flexibility index (Phi) is 10.2. The molecular weight excluding hydrogens is 597 g/mol. The number of ether oxygens (including phenoxy) is 1. The zero-order chi connectivity index (χ0) is 29.4. The van der Waals surface area contributed by atoms with Gasteiger partial charge >= 0.3 is 0 Å². The first-order chi connectivity index (χ1) is 20.4. The summed E-state index contributed by atoms with van der Waals surface area (Å²) in [7, 11) is -4.46. The van der Waals surface area contributed by atoms with Gasteiger partial charge in [0.2, 0.25) is 5.52 Å². The fourth-order valence-corrected chi connectivity index (χ4v) is 6.43. The molecule has 42 heavy (non-hydrogen) atoms. The zero-order valence-electron chi connectivity index (χ0n) is 22.3. The number of hydrogen-bond acceptors (Lipinski definition) is 10. The highest BCUT2D eigenvalue weighted by molar-refractivity contribution is 7.94. The molecule has 0 aliphatic carbocycles. The number of hydrogen-bond donors (Lipinski definition) is 0. The molecule has 0 saturated carbocycles. The van der Waals surface area contributed by atoms with Crippen LogP contribution in [0.15, 0.2) is 107 Å². The van der Waals surface area contributed by atoms with E-state index in [1.54, 1.807) is 18.2 Å². The Balaban J connectivity index is 0.000000176. The molecule has 218 valence electrons. The van der Waals surface area contributed by atoms with Gasteiger partial charge in [-0.05, 0) is 41.1 Å². The Hall–Kier alpha value is -3.33. The van der Waals surface area contributed by atoms with Crippen LogP contribution in [0.2, 0.25) is 0 Å². The van der Waals surface area contributed by atoms with E-state index >= 15 is 0 Å². The van der Waals surface area contributed by atoms with Gasteiger partial charge in [-0.2, -0.15) is 8.90 Å². The summed E-state index contributed by atoms with van der Waals surface area (Å²) in [5, 5.41) is 15.5. The molecule has 0 bridgehead atoms. The lowest BCUT2D eigenvalue weighted by atomic mass is 10.1. The molecule has 0 N–H and O–H groups in total. The van der Waals surface area contributed by atoms with Crippen LogP contribution in [0.3, 0.4) is 0 Å². The van der Waals surface area contributed by atoms with Crippen LogP contribution in [-0.4, -0.2) is 44.2 Å². The average Bonchev–Trinajstić information content (AvgIpc) is 3.36. The number of morpholine rings is 1. The first-order valence-corrected chi connectivity index (χ1v) is 16.0. The Bertz CT molecular complexity index is 1770. The molecule has 9 nitrogen and oxygen atoms in total. The molecule has 0 unspecified atom stereocenters. The normalized spacial score (nSPS) is 13.9. The van der Waals surface area contributed by atoms with Crippen LogP contribution in [0.5, 0.6) is 0 Å². The topological polar surface area (TPSA) is 115 Å². The summed E-state index contributed by atoms with van der Waals surface area (Å²) < 4.78 is 45.9. The fourth-order valence-electron chi connectivity index (χ4n) is 4.46. The third-order valence-corrected chi connectivity index (χ3v) is 9.06. The highest BCUT2D eigenvalue weighted by atomic mass is 32.2. The van der Waals surface area contributed by atoms with E-state index in [0.29, 0.717) is 15.7 Å². The summed E-state index contributed by atoms with van der Waals surface area (Å²) in [6.07, 6.45) is 4.47. The largest absolute Gasteiger partial charge is 0.744 e. The molecule has 4 aromatic carbocycles. The number of nitrogens with zero attached hydrogens (tertiary/aromatic N) is 2. The van der Waals surface area contributed by atoms with Crippen molar-refractivity contribution < 1.29 is 36.9 Å². The van der Waals surface area contributed by atoms with E-state index < -0.39 is 10.1 Å². The average molecular weight is 624 g/mol. The molecular formula is C30H27N2O7S3-. The minimum absolute atomic E-state index is 0.283. The summed E-state index contributed by atoms with van der Waals surface area (Å²) in [6.45, 7) is 4.48. The van der Waals surface area contributed by atoms with Gasteiger partial charge in [0, 0.05) is 41.9 Å². The van der Waals surface area contributed by atoms with Crippen molar-refractivity contribution in [1.82, 2.24) is 4.90 Å². The quantitative estimate of drug-likeness (QED) is 0.0809. The predicted molar refractivity (Wildman–Crippen MR) is 159 cm³/mol. The van der Waals surface area contributed by atoms with Gasteiger partial charge in [-0.25, -0.2) is 8.42 Å². The maximum atomic E-state index is 10.9. The molecule has 12 heteroatoms. The number of benzene rings is 4. The highest BCUT2D eigenvalue weighted by Crippen LogP contribution is 2.26. The van der Waals surface area contributed by atoms with E-state index in [-0.39, 0.29) is 4.90 Å². The number of thiazole rings is 1. The lowest BCUT2D eigenvalue weighted by Crippen LogP contribution is -2.36. The van der Waals surface area contributed by atoms with E-state index in [9.17, 15) is 18.2 Å². The Labute approximate surface area is 252 Å². The zero-order valence-corrected chi connectivity index (χ0v) is 24.8. The third-order valence-electron chi connectivity index (χ3n) is 6.52. The van der Waals surface area contributed by atoms with Crippen LogP contribution >= 0.6 is 23.4 Å². The highest BCUT2D eigenvalue weighted by Gasteiger charge is 2.19. The van der Waals surface area contributed by atoms with Crippen LogP contribution in [0.4, 0.5) is 0 Å². The molecule has 0 atom stereocenters. The number of fused-ring (bicyclic) bond motifs is 2. The molecule has 5 aromatic rings. The minimum Gasteiger partial charge on any atom is -0.744 e. The molecule has 0 amide bonds. The van der Waals surface area contributed by atoms with Gasteiger partial charge in [-0.3, -0.25) is 5.04 Å². The van der Waals surface area contributed by atoms with Crippen molar-refractivity contribution in [2.75, 3.05) is 26.3 Å². The van der Waals surface area contributed by atoms with Gasteiger partial charge in [0.05, 0.1) is 30.2 Å². The van der Waals surface area contributed by atoms with Crippen molar-refractivity contribution in [3.8, 4) is 0 Å². The molecule has 6 rings (SSSR count). The molecule has 1 aromatic heterocycles. The van der Waals surface area contributed by atoms with Gasteiger partial charge in [-0.1, -0.05) is 65.9 Å². The summed E-state index contributed by atoms with van der Waals surface area (Å²) in [5.41, 5.74) is 2.63. The maximum absolute atomic E-state index is 10.9. The number of para-hydroxylation sites is 1. The second kappa shape index (κ2) is 14.2. The summed E-state index contributed by atoms with van der Waals surface area (Å²) in [6, 6.07) is 28.2. The van der Waals surface area contributed by atoms with Crippen molar-refractivity contribution in [1.29, 1.82) is 0 Å². The van der Waals surface area contributed by atoms with E-state index in [4.69, 9.17) is 4.74 Å². The van der Waals surface area contributed by atoms with Gasteiger partial charge in [0.1, 0.15) is 14.8 Å². The van der Waals surface area contributed by atoms with Gasteiger partial charge < -0.3 is 19.4 Å². The molecule has 0 spiro atoms. The Morgan fingerprint density at radius 3 is 2.43 bits per heavy atom. The van der Waals surface area contributed by atoms with E-state index in [1.807, 2.05) is 11.3 Å². The van der Waals surface area contributed by atoms with Crippen molar-refractivity contribution in [3.63, 3.8) is 0 Å². The Morgan fingerprint density at radius 2 is 1.67 bits per heavy atom. The minimum atomic E-state index is -4.46. The molecule has 1 saturated heterocycles. The monoisotopic (exact) mass is 623 g/mol. The third kappa shape index (κ3) is 7.94. The van der Waals surface area contributed by atoms with Crippen LogP contribution < -0.4 is 9.82 Å². The fraction of sp³-hybridized carbons (Fsp3) is 0.167. The van der Waals surface area contributed by atoms with Crippen LogP contribution in [0.25, 0.3) is 27.1 Å². The van der Waals surface area contributed by atoms with Gasteiger partial charge in [0.25, 0.3) is 5.01 Å². The Morgan fingerprint density at radius 1 is 0.952 bits per heavy atom. The van der Waals surface area contributed by atoms with Crippen molar-refractivity contribution in [3.05, 3.63) is 108 Å². The number of aromatic nitrogens is 1. The van der Waals surface area contributed by atoms with E-state index in [2.05, 4.69) is 85.7 Å². The number of rotatable bonds is 8. The first kappa shape index (κ1) is 30.1. The SMILES string of the molecule is C(=CN1CCOCC1)c1sc2ccccc2[n+]1Cc1ccccc1.O=S(=O)([O-])c1ccc2cc(SOO[O-])ccc2c1. The smallest absolute Gasteiger partial charge is 0.264 e. The molecule has 1 aliphatic heterocycles. The second-order valence-corrected chi connectivity index (χ2v) is 12.5. The lowest BCUT2D eigenvalue weighted by molar-refractivity contribution is -0.777. The predicted octanol–water partition coefficient (Wildman–Crippen LogP) is 4.51. The summed E-state index contributed by atoms with van der Waals surface area (Å²) in [4.78, 5) is 2.66. The molecule has 1 aliphatic rings. The maximum Gasteiger partial charge on any atom is 0.264 e. The van der Waals surface area contributed by atoms with Crippen molar-refractivity contribution in [2.24, 2.45) is 0 Å². The molecule has 1 fully saturated rings. The van der Waals surface area contributed by atoms with Gasteiger partial charge in [-0.15, -0.1) is 0 Å². The summed E-state index contributed by atoms with van der Waals surface area (Å²) >= 11 is 2.58. The van der Waals surface area contributed by atoms with Crippen LogP contribution in [0.1, 0.15) is 10.6 Å². The standard InChI is InChI=1S/C20H21N2OS.C10H8O6S2/c1-2-6-17(7-3-1)16-22-18-8-4-5-9-19(18)24-20(22)10-11-21-12-14-23-15-13-21;11-15-16-17-9-3-1-8-6-10(18(12,13)14)4-2-7(8)5-9/h1-11H,12-16H2;1-6,11H,(H,12,13,14)/q+1;/p-2. The summed E-state index contributed by atoms with van der Waals surface area (Å²) in [5.74, 6) is 0. The van der Waals surface area contributed by atoms with E-state index in [1.165, 1.54) is 39.0 Å². The molecule has 2 heterocycles. The molecule has 0 radical (unpaired) electrons. The van der Waals surface area contributed by atoms with Crippen molar-refractivity contribution in [2.45, 2.75) is 16.3 Å². The lowest BCUT2D eigenvalue weighted by Gasteiger charge is -2.24. The van der Waals surface area contributed by atoms with Gasteiger partial charge in [0.15, 0.2) is 6.54 Å². The second-order valence-electron chi connectivity index (χ2n) is 9.29. The van der Waals surface area contributed by atoms with E-state index in [0.717, 1.165) is 44.9 Å². The van der Waals surface area contributed by atoms with Crippen LogP contribution in [-0.2, 0) is 30.8 Å².